The van der Waals surface area contributed by atoms with Gasteiger partial charge in [0.15, 0.2) is 0 Å². The number of carbonyl (C=O) groups is 1. The third kappa shape index (κ3) is 2.82. The summed E-state index contributed by atoms with van der Waals surface area (Å²) in [6.07, 6.45) is 1.81. The molecule has 0 aromatic carbocycles. The van der Waals surface area contributed by atoms with Crippen molar-refractivity contribution in [1.82, 2.24) is 15.1 Å². The lowest BCUT2D eigenvalue weighted by Gasteiger charge is -2.31. The second kappa shape index (κ2) is 4.81. The third-order valence-electron chi connectivity index (χ3n) is 3.11. The molecule has 2 N–H and O–H groups in total. The van der Waals surface area contributed by atoms with Crippen molar-refractivity contribution in [2.45, 2.75) is 18.9 Å². The summed E-state index contributed by atoms with van der Waals surface area (Å²) in [7, 11) is 0. The first-order valence-corrected chi connectivity index (χ1v) is 5.69. The highest BCUT2D eigenvalue weighted by Crippen LogP contribution is 2.09. The molecule has 0 saturated carbocycles. The highest BCUT2D eigenvalue weighted by atomic mass is 16.3. The molecule has 2 saturated heterocycles. The van der Waals surface area contributed by atoms with Gasteiger partial charge in [-0.1, -0.05) is 0 Å². The lowest BCUT2D eigenvalue weighted by molar-refractivity contribution is 0.0675. The monoisotopic (exact) mass is 213 g/mol. The SMILES string of the molecule is O=C1NCCN1CCN1CCC[C@H](O)C1. The Labute approximate surface area is 90.0 Å². The van der Waals surface area contributed by atoms with Crippen LogP contribution in [0.5, 0.6) is 0 Å². The third-order valence-corrected chi connectivity index (χ3v) is 3.11. The minimum absolute atomic E-state index is 0.0487. The summed E-state index contributed by atoms with van der Waals surface area (Å²) in [4.78, 5) is 15.3. The molecule has 2 rings (SSSR count). The van der Waals surface area contributed by atoms with E-state index in [-0.39, 0.29) is 12.1 Å². The van der Waals surface area contributed by atoms with Crippen LogP contribution in [0.4, 0.5) is 4.79 Å². The Balaban J connectivity index is 1.70. The summed E-state index contributed by atoms with van der Waals surface area (Å²) in [6.45, 7) is 5.04. The fourth-order valence-corrected chi connectivity index (χ4v) is 2.22. The predicted octanol–water partition coefficient (Wildman–Crippen LogP) is -0.532. The number of likely N-dealkylation sites (tertiary alicyclic amines) is 1. The zero-order valence-corrected chi connectivity index (χ0v) is 8.98. The smallest absolute Gasteiger partial charge is 0.317 e. The number of carbonyl (C=O) groups excluding carboxylic acids is 1. The lowest BCUT2D eigenvalue weighted by atomic mass is 10.1. The summed E-state index contributed by atoms with van der Waals surface area (Å²) in [6, 6.07) is 0.0487. The number of amides is 2. The number of piperidine rings is 1. The van der Waals surface area contributed by atoms with E-state index in [1.807, 2.05) is 4.90 Å². The summed E-state index contributed by atoms with van der Waals surface area (Å²) in [5.74, 6) is 0. The van der Waals surface area contributed by atoms with Crippen molar-refractivity contribution < 1.29 is 9.90 Å². The van der Waals surface area contributed by atoms with Crippen LogP contribution in [-0.4, -0.2) is 66.3 Å². The Morgan fingerprint density at radius 3 is 2.93 bits per heavy atom. The van der Waals surface area contributed by atoms with Gasteiger partial charge < -0.3 is 15.3 Å². The molecule has 2 aliphatic heterocycles. The molecular weight excluding hydrogens is 194 g/mol. The van der Waals surface area contributed by atoms with Crippen molar-refractivity contribution in [2.24, 2.45) is 0 Å². The zero-order valence-electron chi connectivity index (χ0n) is 8.98. The van der Waals surface area contributed by atoms with Crippen molar-refractivity contribution in [3.63, 3.8) is 0 Å². The minimum atomic E-state index is -0.175. The maximum absolute atomic E-state index is 11.3. The van der Waals surface area contributed by atoms with Gasteiger partial charge in [-0.2, -0.15) is 0 Å². The van der Waals surface area contributed by atoms with Gasteiger partial charge in [0.2, 0.25) is 0 Å². The van der Waals surface area contributed by atoms with E-state index in [0.717, 1.165) is 52.1 Å². The zero-order chi connectivity index (χ0) is 10.7. The van der Waals surface area contributed by atoms with Crippen molar-refractivity contribution in [1.29, 1.82) is 0 Å². The fraction of sp³-hybridized carbons (Fsp3) is 0.900. The van der Waals surface area contributed by atoms with Gasteiger partial charge in [-0.25, -0.2) is 4.79 Å². The topological polar surface area (TPSA) is 55.8 Å². The summed E-state index contributed by atoms with van der Waals surface area (Å²) >= 11 is 0. The lowest BCUT2D eigenvalue weighted by Crippen LogP contribution is -2.43. The van der Waals surface area contributed by atoms with E-state index in [9.17, 15) is 9.90 Å². The highest BCUT2D eigenvalue weighted by molar-refractivity contribution is 5.76. The number of nitrogens with one attached hydrogen (secondary N) is 1. The van der Waals surface area contributed by atoms with E-state index in [1.54, 1.807) is 0 Å². The van der Waals surface area contributed by atoms with Crippen LogP contribution in [0.25, 0.3) is 0 Å². The quantitative estimate of drug-likeness (QED) is 0.662. The molecule has 0 radical (unpaired) electrons. The molecule has 0 spiro atoms. The Morgan fingerprint density at radius 2 is 2.27 bits per heavy atom. The maximum Gasteiger partial charge on any atom is 0.317 e. The van der Waals surface area contributed by atoms with E-state index in [0.29, 0.717) is 0 Å². The molecule has 2 heterocycles. The molecule has 2 aliphatic rings. The van der Waals surface area contributed by atoms with Crippen LogP contribution in [0, 0.1) is 0 Å². The second-order valence-electron chi connectivity index (χ2n) is 4.32. The van der Waals surface area contributed by atoms with E-state index in [4.69, 9.17) is 0 Å². The van der Waals surface area contributed by atoms with Gasteiger partial charge in [-0.05, 0) is 19.4 Å². The van der Waals surface area contributed by atoms with Crippen molar-refractivity contribution >= 4 is 6.03 Å². The number of hydrogen-bond donors (Lipinski definition) is 2. The predicted molar refractivity (Wildman–Crippen MR) is 56.7 cm³/mol. The van der Waals surface area contributed by atoms with Gasteiger partial charge in [0.1, 0.15) is 0 Å². The molecule has 0 aliphatic carbocycles. The summed E-state index contributed by atoms with van der Waals surface area (Å²) < 4.78 is 0. The van der Waals surface area contributed by atoms with Crippen molar-refractivity contribution in [2.75, 3.05) is 39.3 Å². The average molecular weight is 213 g/mol. The van der Waals surface area contributed by atoms with Gasteiger partial charge in [-0.3, -0.25) is 4.90 Å². The van der Waals surface area contributed by atoms with E-state index >= 15 is 0 Å². The molecule has 0 bridgehead atoms. The molecule has 15 heavy (non-hydrogen) atoms. The number of aliphatic hydroxyl groups is 1. The van der Waals surface area contributed by atoms with Gasteiger partial charge in [-0.15, -0.1) is 0 Å². The standard InChI is InChI=1S/C10H19N3O2/c14-9-2-1-4-12(8-9)6-7-13-5-3-11-10(13)15/h9,14H,1-8H2,(H,11,15)/t9-/m0/s1. The number of urea groups is 1. The molecule has 2 fully saturated rings. The summed E-state index contributed by atoms with van der Waals surface area (Å²) in [5, 5.41) is 12.3. The van der Waals surface area contributed by atoms with Crippen LogP contribution in [0.2, 0.25) is 0 Å². The Bertz CT molecular complexity index is 235. The number of β-amino-alcohol motifs (C(OH)–C–C–N with tert-alkyl or cyclic N) is 1. The van der Waals surface area contributed by atoms with Crippen LogP contribution in [0.1, 0.15) is 12.8 Å². The summed E-state index contributed by atoms with van der Waals surface area (Å²) in [5.41, 5.74) is 0. The Kier molecular flexibility index (Phi) is 3.43. The first-order valence-electron chi connectivity index (χ1n) is 5.69. The molecule has 5 nitrogen and oxygen atoms in total. The van der Waals surface area contributed by atoms with Crippen LogP contribution in [0.15, 0.2) is 0 Å². The van der Waals surface area contributed by atoms with Gasteiger partial charge in [0.05, 0.1) is 6.10 Å². The molecular formula is C10H19N3O2. The molecule has 1 atom stereocenters. The van der Waals surface area contributed by atoms with Crippen LogP contribution in [0.3, 0.4) is 0 Å². The van der Waals surface area contributed by atoms with E-state index in [2.05, 4.69) is 10.2 Å². The van der Waals surface area contributed by atoms with Gasteiger partial charge in [0.25, 0.3) is 0 Å². The second-order valence-corrected chi connectivity index (χ2v) is 4.32. The first-order chi connectivity index (χ1) is 7.25. The van der Waals surface area contributed by atoms with Gasteiger partial charge in [0, 0.05) is 32.7 Å². The number of rotatable bonds is 3. The molecule has 0 aromatic heterocycles. The van der Waals surface area contributed by atoms with Crippen molar-refractivity contribution in [3.8, 4) is 0 Å². The van der Waals surface area contributed by atoms with Crippen molar-refractivity contribution in [3.05, 3.63) is 0 Å². The number of aliphatic hydroxyl groups excluding tert-OH is 1. The first kappa shape index (κ1) is 10.7. The van der Waals surface area contributed by atoms with Crippen LogP contribution in [-0.2, 0) is 0 Å². The minimum Gasteiger partial charge on any atom is -0.392 e. The highest BCUT2D eigenvalue weighted by Gasteiger charge is 2.22. The maximum atomic E-state index is 11.3. The molecule has 86 valence electrons. The molecule has 0 aromatic rings. The van der Waals surface area contributed by atoms with Gasteiger partial charge >= 0.3 is 6.03 Å². The molecule has 0 unspecified atom stereocenters. The fourth-order valence-electron chi connectivity index (χ4n) is 2.22. The Morgan fingerprint density at radius 1 is 1.40 bits per heavy atom. The number of hydrogen-bond acceptors (Lipinski definition) is 3. The van der Waals surface area contributed by atoms with Crippen LogP contribution < -0.4 is 5.32 Å². The Hall–Kier alpha value is -0.810. The molecule has 5 heteroatoms. The van der Waals surface area contributed by atoms with E-state index < -0.39 is 0 Å². The molecule has 2 amide bonds. The largest absolute Gasteiger partial charge is 0.392 e. The van der Waals surface area contributed by atoms with E-state index in [1.165, 1.54) is 0 Å². The number of nitrogens with zero attached hydrogens (tertiary/aromatic N) is 2. The average Bonchev–Trinajstić information content (AvgIpc) is 2.61. The van der Waals surface area contributed by atoms with Crippen LogP contribution >= 0.6 is 0 Å². The normalized spacial score (nSPS) is 28.2.